The third-order valence-corrected chi connectivity index (χ3v) is 6.00. The van der Waals surface area contributed by atoms with Crippen molar-refractivity contribution >= 4 is 8.07 Å². The van der Waals surface area contributed by atoms with Crippen molar-refractivity contribution in [1.82, 2.24) is 0 Å². The predicted octanol–water partition coefficient (Wildman–Crippen LogP) is 3.28. The molecule has 1 rings (SSSR count). The Labute approximate surface area is 77.5 Å². The van der Waals surface area contributed by atoms with E-state index in [1.165, 1.54) is 25.7 Å². The van der Waals surface area contributed by atoms with Crippen LogP contribution in [0.5, 0.6) is 0 Å². The van der Waals surface area contributed by atoms with Gasteiger partial charge in [0.1, 0.15) is 0 Å². The van der Waals surface area contributed by atoms with Crippen LogP contribution < -0.4 is 0 Å². The molecule has 0 heterocycles. The second-order valence-electron chi connectivity index (χ2n) is 5.03. The van der Waals surface area contributed by atoms with E-state index in [1.807, 2.05) is 7.11 Å². The summed E-state index contributed by atoms with van der Waals surface area (Å²) >= 11 is 0. The van der Waals surface area contributed by atoms with Crippen molar-refractivity contribution in [3.05, 3.63) is 0 Å². The molecule has 0 aromatic heterocycles. The van der Waals surface area contributed by atoms with E-state index < -0.39 is 8.07 Å². The van der Waals surface area contributed by atoms with Crippen molar-refractivity contribution in [3.8, 4) is 0 Å². The fourth-order valence-electron chi connectivity index (χ4n) is 2.37. The van der Waals surface area contributed by atoms with Crippen molar-refractivity contribution in [1.29, 1.82) is 0 Å². The fraction of sp³-hybridized carbons (Fsp3) is 1.00. The van der Waals surface area contributed by atoms with Crippen LogP contribution in [0.25, 0.3) is 0 Å². The van der Waals surface area contributed by atoms with Crippen molar-refractivity contribution in [2.75, 3.05) is 7.11 Å². The van der Waals surface area contributed by atoms with Crippen LogP contribution in [-0.4, -0.2) is 21.3 Å². The van der Waals surface area contributed by atoms with E-state index in [0.29, 0.717) is 6.10 Å². The van der Waals surface area contributed by atoms with Gasteiger partial charge in [-0.2, -0.15) is 0 Å². The van der Waals surface area contributed by atoms with E-state index >= 15 is 0 Å². The van der Waals surface area contributed by atoms with E-state index in [1.54, 1.807) is 0 Å². The summed E-state index contributed by atoms with van der Waals surface area (Å²) in [6, 6.07) is 0. The topological polar surface area (TPSA) is 9.23 Å². The second-order valence-corrected chi connectivity index (χ2v) is 10.5. The molecule has 1 fully saturated rings. The molecule has 0 aromatic rings. The van der Waals surface area contributed by atoms with Gasteiger partial charge >= 0.3 is 0 Å². The van der Waals surface area contributed by atoms with Gasteiger partial charge in [-0.3, -0.25) is 0 Å². The smallest absolute Gasteiger partial charge is 0.0575 e. The van der Waals surface area contributed by atoms with Crippen LogP contribution in [0.2, 0.25) is 25.2 Å². The van der Waals surface area contributed by atoms with Gasteiger partial charge < -0.3 is 4.74 Å². The summed E-state index contributed by atoms with van der Waals surface area (Å²) in [6.45, 7) is 7.40. The van der Waals surface area contributed by atoms with Crippen LogP contribution in [0.4, 0.5) is 0 Å². The van der Waals surface area contributed by atoms with E-state index in [4.69, 9.17) is 4.74 Å². The minimum Gasteiger partial charge on any atom is -0.381 e. The fourth-order valence-corrected chi connectivity index (χ4v) is 4.86. The third-order valence-electron chi connectivity index (χ3n) is 3.12. The molecule has 72 valence electrons. The lowest BCUT2D eigenvalue weighted by Crippen LogP contribution is -2.39. The molecule has 0 unspecified atom stereocenters. The Hall–Kier alpha value is 0.177. The number of ether oxygens (including phenoxy) is 1. The van der Waals surface area contributed by atoms with E-state index in [9.17, 15) is 0 Å². The average molecular weight is 186 g/mol. The summed E-state index contributed by atoms with van der Waals surface area (Å²) in [4.78, 5) is 0. The van der Waals surface area contributed by atoms with Crippen LogP contribution >= 0.6 is 0 Å². The van der Waals surface area contributed by atoms with Gasteiger partial charge in [-0.05, 0) is 12.0 Å². The minimum atomic E-state index is -0.965. The van der Waals surface area contributed by atoms with Crippen LogP contribution in [0, 0.1) is 0 Å². The lowest BCUT2D eigenvalue weighted by molar-refractivity contribution is 0.0690. The summed E-state index contributed by atoms with van der Waals surface area (Å²) in [5, 5.41) is 0. The Bertz CT molecular complexity index is 139. The van der Waals surface area contributed by atoms with Crippen molar-refractivity contribution in [2.24, 2.45) is 0 Å². The molecule has 0 aliphatic heterocycles. The molecule has 2 heteroatoms. The Morgan fingerprint density at radius 2 is 1.67 bits per heavy atom. The van der Waals surface area contributed by atoms with Crippen LogP contribution in [0.15, 0.2) is 0 Å². The molecule has 0 bridgehead atoms. The molecule has 1 nitrogen and oxygen atoms in total. The number of methoxy groups -OCH3 is 1. The number of rotatable bonds is 2. The first kappa shape index (κ1) is 10.3. The highest BCUT2D eigenvalue weighted by molar-refractivity contribution is 6.77. The number of hydrogen-bond acceptors (Lipinski definition) is 1. The lowest BCUT2D eigenvalue weighted by Gasteiger charge is -2.38. The molecule has 1 saturated carbocycles. The van der Waals surface area contributed by atoms with Gasteiger partial charge in [0.05, 0.1) is 14.2 Å². The van der Waals surface area contributed by atoms with E-state index in [0.717, 1.165) is 5.54 Å². The Morgan fingerprint density at radius 1 is 1.08 bits per heavy atom. The average Bonchev–Trinajstić information content (AvgIpc) is 2.03. The highest BCUT2D eigenvalue weighted by atomic mass is 28.3. The maximum Gasteiger partial charge on any atom is 0.0575 e. The second kappa shape index (κ2) is 3.92. The molecule has 0 aromatic carbocycles. The first-order valence-electron chi connectivity index (χ1n) is 5.08. The SMILES string of the molecule is CO[C@@H]1CCCC[C@H]1[Si](C)(C)C. The Balaban J connectivity index is 2.59. The normalized spacial score (nSPS) is 32.0. The quantitative estimate of drug-likeness (QED) is 0.601. The molecule has 1 aliphatic carbocycles. The van der Waals surface area contributed by atoms with Gasteiger partial charge in [-0.15, -0.1) is 0 Å². The van der Waals surface area contributed by atoms with Gasteiger partial charge in [-0.1, -0.05) is 38.9 Å². The number of hydrogen-bond donors (Lipinski definition) is 0. The highest BCUT2D eigenvalue weighted by Crippen LogP contribution is 2.38. The van der Waals surface area contributed by atoms with Crippen molar-refractivity contribution in [3.63, 3.8) is 0 Å². The zero-order valence-corrected chi connectivity index (χ0v) is 9.89. The maximum atomic E-state index is 5.56. The molecule has 0 N–H and O–H groups in total. The van der Waals surface area contributed by atoms with Crippen molar-refractivity contribution < 1.29 is 4.74 Å². The molecule has 2 atom stereocenters. The Kier molecular flexibility index (Phi) is 3.35. The highest BCUT2D eigenvalue weighted by Gasteiger charge is 2.35. The summed E-state index contributed by atoms with van der Waals surface area (Å²) in [7, 11) is 0.913. The molecule has 0 saturated heterocycles. The predicted molar refractivity (Wildman–Crippen MR) is 56.4 cm³/mol. The summed E-state index contributed by atoms with van der Waals surface area (Å²) < 4.78 is 5.56. The molecule has 0 radical (unpaired) electrons. The van der Waals surface area contributed by atoms with E-state index in [-0.39, 0.29) is 0 Å². The minimum absolute atomic E-state index is 0.574. The zero-order valence-electron chi connectivity index (χ0n) is 8.89. The van der Waals surface area contributed by atoms with Crippen LogP contribution in [-0.2, 0) is 4.74 Å². The van der Waals surface area contributed by atoms with Gasteiger partial charge in [0.25, 0.3) is 0 Å². The lowest BCUT2D eigenvalue weighted by atomic mass is 9.97. The molecular weight excluding hydrogens is 164 g/mol. The first-order valence-corrected chi connectivity index (χ1v) is 8.66. The molecule has 12 heavy (non-hydrogen) atoms. The largest absolute Gasteiger partial charge is 0.381 e. The van der Waals surface area contributed by atoms with Gasteiger partial charge in [0.15, 0.2) is 0 Å². The Morgan fingerprint density at radius 3 is 2.08 bits per heavy atom. The zero-order chi connectivity index (χ0) is 9.19. The van der Waals surface area contributed by atoms with Gasteiger partial charge in [0.2, 0.25) is 0 Å². The van der Waals surface area contributed by atoms with E-state index in [2.05, 4.69) is 19.6 Å². The first-order chi connectivity index (χ1) is 5.55. The molecule has 1 aliphatic rings. The van der Waals surface area contributed by atoms with Crippen LogP contribution in [0.1, 0.15) is 25.7 Å². The van der Waals surface area contributed by atoms with Crippen molar-refractivity contribution in [2.45, 2.75) is 57.0 Å². The maximum absolute atomic E-state index is 5.56. The summed E-state index contributed by atoms with van der Waals surface area (Å²) in [5.74, 6) is 0. The summed E-state index contributed by atoms with van der Waals surface area (Å²) in [6.07, 6.45) is 6.08. The molecule has 0 amide bonds. The monoisotopic (exact) mass is 186 g/mol. The molecule has 0 spiro atoms. The summed E-state index contributed by atoms with van der Waals surface area (Å²) in [5.41, 5.74) is 0.899. The van der Waals surface area contributed by atoms with Crippen LogP contribution in [0.3, 0.4) is 0 Å². The van der Waals surface area contributed by atoms with Gasteiger partial charge in [-0.25, -0.2) is 0 Å². The molecular formula is C10H22OSi. The standard InChI is InChI=1S/C10H22OSi/c1-11-9-7-5-6-8-10(9)12(2,3)4/h9-10H,5-8H2,1-4H3/t9-,10-/m1/s1. The third kappa shape index (κ3) is 2.33. The van der Waals surface area contributed by atoms with Gasteiger partial charge in [0, 0.05) is 7.11 Å².